The first-order chi connectivity index (χ1) is 18.7. The van der Waals surface area contributed by atoms with E-state index >= 15 is 4.39 Å². The van der Waals surface area contributed by atoms with Gasteiger partial charge < -0.3 is 31.5 Å². The summed E-state index contributed by atoms with van der Waals surface area (Å²) in [5, 5.41) is 47.1. The first-order valence-electron chi connectivity index (χ1n) is 12.9. The number of nitrogens with zero attached hydrogens (tertiary/aromatic N) is 2. The summed E-state index contributed by atoms with van der Waals surface area (Å²) < 4.78 is 15.4. The Morgan fingerprint density at radius 2 is 1.80 bits per heavy atom. The molecule has 1 saturated carbocycles. The first kappa shape index (κ1) is 29.2. The lowest BCUT2D eigenvalue weighted by Gasteiger charge is -2.50. The van der Waals surface area contributed by atoms with Gasteiger partial charge in [0.2, 0.25) is 11.7 Å². The predicted octanol–water partition coefficient (Wildman–Crippen LogP) is 0.383. The minimum Gasteiger partial charge on any atom is -0.508 e. The monoisotopic (exact) mass is 560 g/mol. The Bertz CT molecular complexity index is 1380. The van der Waals surface area contributed by atoms with Gasteiger partial charge in [-0.1, -0.05) is 13.8 Å². The molecular formula is C27H33FN4O8. The number of fused-ring (bicyclic) bond motifs is 3. The van der Waals surface area contributed by atoms with E-state index in [4.69, 9.17) is 5.73 Å². The van der Waals surface area contributed by atoms with Crippen LogP contribution in [-0.4, -0.2) is 99.0 Å². The highest BCUT2D eigenvalue weighted by Crippen LogP contribution is 2.53. The van der Waals surface area contributed by atoms with Gasteiger partial charge in [0.05, 0.1) is 23.8 Å². The zero-order valence-corrected chi connectivity index (χ0v) is 22.6. The van der Waals surface area contributed by atoms with Gasteiger partial charge in [-0.15, -0.1) is 0 Å². The lowest BCUT2D eigenvalue weighted by molar-refractivity contribution is -0.153. The van der Waals surface area contributed by atoms with Crippen molar-refractivity contribution in [3.63, 3.8) is 0 Å². The summed E-state index contributed by atoms with van der Waals surface area (Å²) in [6.07, 6.45) is -0.351. The highest BCUT2D eigenvalue weighted by atomic mass is 19.1. The van der Waals surface area contributed by atoms with Crippen LogP contribution in [0.3, 0.4) is 0 Å². The van der Waals surface area contributed by atoms with Crippen molar-refractivity contribution in [3.8, 4) is 5.75 Å². The third kappa shape index (κ3) is 4.25. The summed E-state index contributed by atoms with van der Waals surface area (Å²) in [6.45, 7) is 4.83. The van der Waals surface area contributed by atoms with Crippen molar-refractivity contribution in [2.75, 3.05) is 39.0 Å². The van der Waals surface area contributed by atoms with E-state index in [1.54, 1.807) is 4.90 Å². The van der Waals surface area contributed by atoms with Crippen molar-refractivity contribution >= 4 is 34.8 Å². The molecular weight excluding hydrogens is 527 g/mol. The number of benzene rings is 1. The number of halogens is 1. The maximum absolute atomic E-state index is 15.4. The lowest BCUT2D eigenvalue weighted by atomic mass is 9.57. The number of nitrogens with two attached hydrogens (primary N) is 1. The molecule has 0 spiro atoms. The molecule has 1 aromatic carbocycles. The van der Waals surface area contributed by atoms with E-state index in [0.29, 0.717) is 13.1 Å². The molecule has 4 rings (SSSR count). The summed E-state index contributed by atoms with van der Waals surface area (Å²) in [6, 6.07) is -0.312. The second-order valence-corrected chi connectivity index (χ2v) is 10.6. The van der Waals surface area contributed by atoms with Crippen molar-refractivity contribution in [1.29, 1.82) is 0 Å². The van der Waals surface area contributed by atoms with E-state index in [-0.39, 0.29) is 30.6 Å². The van der Waals surface area contributed by atoms with Crippen LogP contribution in [-0.2, 0) is 25.6 Å². The van der Waals surface area contributed by atoms with E-state index in [1.807, 2.05) is 13.8 Å². The Hall–Kier alpha value is -3.81. The van der Waals surface area contributed by atoms with Gasteiger partial charge in [0, 0.05) is 23.1 Å². The average Bonchev–Trinajstić information content (AvgIpc) is 2.87. The number of carbonyl (C=O) groups excluding carboxylic acids is 4. The van der Waals surface area contributed by atoms with Crippen LogP contribution in [0.15, 0.2) is 23.0 Å². The zero-order chi connectivity index (χ0) is 29.8. The summed E-state index contributed by atoms with van der Waals surface area (Å²) in [7, 11) is 2.97. The molecule has 0 radical (unpaired) electrons. The number of phenols is 1. The van der Waals surface area contributed by atoms with Gasteiger partial charge >= 0.3 is 0 Å². The number of aliphatic hydroxyl groups excluding tert-OH is 2. The number of hydrogen-bond acceptors (Lipinski definition) is 10. The molecule has 40 heavy (non-hydrogen) atoms. The van der Waals surface area contributed by atoms with Crippen LogP contribution in [0, 0.1) is 17.7 Å². The molecule has 0 heterocycles. The first-order valence-corrected chi connectivity index (χ1v) is 12.9. The summed E-state index contributed by atoms with van der Waals surface area (Å²) in [4.78, 5) is 54.7. The fourth-order valence-electron chi connectivity index (χ4n) is 6.20. The van der Waals surface area contributed by atoms with Gasteiger partial charge in [-0.05, 0) is 45.9 Å². The number of ketones is 2. The SMILES string of the molecule is CCN(CC)CC(=O)Nc1cc(F)c2c(c1O)C(O)=C1C(=O)[C@]3(O)C(O)=C(C(N)=O)C(=O)[C@@H](N(C)C)[C@@H]3C[C@@H]1C2. The molecule has 1 aromatic rings. The number of primary amides is 1. The van der Waals surface area contributed by atoms with Crippen LogP contribution < -0.4 is 11.1 Å². The largest absolute Gasteiger partial charge is 0.508 e. The zero-order valence-electron chi connectivity index (χ0n) is 22.6. The Labute approximate surface area is 229 Å². The van der Waals surface area contributed by atoms with Crippen LogP contribution in [0.5, 0.6) is 5.75 Å². The van der Waals surface area contributed by atoms with E-state index in [0.717, 1.165) is 6.07 Å². The molecule has 0 saturated heterocycles. The van der Waals surface area contributed by atoms with Crippen molar-refractivity contribution < 1.29 is 44.0 Å². The number of hydrogen-bond donors (Lipinski definition) is 6. The quantitative estimate of drug-likeness (QED) is 0.201. The van der Waals surface area contributed by atoms with Gasteiger partial charge in [-0.2, -0.15) is 0 Å². The van der Waals surface area contributed by atoms with Crippen LogP contribution in [0.1, 0.15) is 31.4 Å². The lowest BCUT2D eigenvalue weighted by Crippen LogP contribution is -2.65. The molecule has 7 N–H and O–H groups in total. The van der Waals surface area contributed by atoms with Crippen LogP contribution >= 0.6 is 0 Å². The van der Waals surface area contributed by atoms with E-state index in [9.17, 15) is 39.6 Å². The van der Waals surface area contributed by atoms with Crippen LogP contribution in [0.2, 0.25) is 0 Å². The fraction of sp³-hybridized carbons (Fsp3) is 0.481. The molecule has 0 aromatic heterocycles. The summed E-state index contributed by atoms with van der Waals surface area (Å²) in [5.74, 6) is -9.72. The summed E-state index contributed by atoms with van der Waals surface area (Å²) in [5.41, 5.74) is 0.297. The molecule has 0 unspecified atom stereocenters. The minimum atomic E-state index is -2.80. The number of aliphatic hydroxyl groups is 3. The van der Waals surface area contributed by atoms with E-state index in [1.165, 1.54) is 19.0 Å². The maximum Gasteiger partial charge on any atom is 0.255 e. The van der Waals surface area contributed by atoms with Crippen LogP contribution in [0.4, 0.5) is 10.1 Å². The standard InChI is InChI=1S/C27H33FN4O8/c1-5-32(6-2)10-16(33)30-15-9-14(28)12-7-11-8-13-20(31(3)4)23(36)19(26(29)39)25(38)27(13,40)24(37)17(11)22(35)18(12)21(15)34/h9,11,13,20,34-35,38,40H,5-8,10H2,1-4H3,(H2,29,39)(H,30,33)/t11-,13-,20-,27-/m0/s1. The maximum atomic E-state index is 15.4. The number of amides is 2. The second kappa shape index (κ2) is 10.3. The predicted molar refractivity (Wildman–Crippen MR) is 141 cm³/mol. The van der Waals surface area contributed by atoms with Gasteiger partial charge in [0.15, 0.2) is 17.1 Å². The van der Waals surface area contributed by atoms with Gasteiger partial charge in [-0.3, -0.25) is 29.0 Å². The van der Waals surface area contributed by atoms with Gasteiger partial charge in [0.25, 0.3) is 5.91 Å². The molecule has 1 fully saturated rings. The number of aromatic hydroxyl groups is 1. The van der Waals surface area contributed by atoms with Crippen molar-refractivity contribution in [1.82, 2.24) is 9.80 Å². The summed E-state index contributed by atoms with van der Waals surface area (Å²) >= 11 is 0. The molecule has 0 bridgehead atoms. The molecule has 12 nitrogen and oxygen atoms in total. The van der Waals surface area contributed by atoms with Gasteiger partial charge in [0.1, 0.15) is 22.9 Å². The molecule has 2 amide bonds. The van der Waals surface area contributed by atoms with Crippen molar-refractivity contribution in [3.05, 3.63) is 39.9 Å². The molecule has 13 heteroatoms. The average molecular weight is 561 g/mol. The topological polar surface area (TPSA) is 194 Å². The molecule has 0 aliphatic heterocycles. The van der Waals surface area contributed by atoms with Crippen molar-refractivity contribution in [2.24, 2.45) is 17.6 Å². The van der Waals surface area contributed by atoms with E-state index in [2.05, 4.69) is 5.32 Å². The number of phenolic OH excluding ortho intramolecular Hbond substituents is 1. The Balaban J connectivity index is 1.85. The molecule has 4 atom stereocenters. The third-order valence-corrected chi connectivity index (χ3v) is 8.20. The van der Waals surface area contributed by atoms with Crippen molar-refractivity contribution in [2.45, 2.75) is 38.3 Å². The fourth-order valence-corrected chi connectivity index (χ4v) is 6.20. The van der Waals surface area contributed by atoms with Crippen LogP contribution in [0.25, 0.3) is 5.76 Å². The smallest absolute Gasteiger partial charge is 0.255 e. The van der Waals surface area contributed by atoms with E-state index < -0.39 is 86.7 Å². The Morgan fingerprint density at radius 3 is 2.35 bits per heavy atom. The molecule has 3 aliphatic rings. The highest BCUT2D eigenvalue weighted by Gasteiger charge is 2.64. The minimum absolute atomic E-state index is 0.0350. The Morgan fingerprint density at radius 1 is 1.18 bits per heavy atom. The number of nitrogens with one attached hydrogen (secondary N) is 1. The number of anilines is 1. The normalized spacial score (nSPS) is 26.1. The van der Waals surface area contributed by atoms with Gasteiger partial charge in [-0.25, -0.2) is 4.39 Å². The number of carbonyl (C=O) groups is 4. The number of rotatable bonds is 7. The second-order valence-electron chi connectivity index (χ2n) is 10.6. The third-order valence-electron chi connectivity index (χ3n) is 8.20. The molecule has 216 valence electrons. The highest BCUT2D eigenvalue weighted by molar-refractivity contribution is 6.24. The molecule has 3 aliphatic carbocycles. The Kier molecular flexibility index (Phi) is 7.52. The number of likely N-dealkylation sites (N-methyl/N-ethyl adjacent to an activating group) is 2. The number of Topliss-reactive ketones (excluding diaryl/α,β-unsaturated/α-hetero) is 2.